The average Bonchev–Trinajstić information content (AvgIpc) is 3.12. The second-order valence-electron chi connectivity index (χ2n) is 4.81. The normalized spacial score (nSPS) is 12.5. The van der Waals surface area contributed by atoms with Gasteiger partial charge in [0.2, 0.25) is 11.7 Å². The lowest BCUT2D eigenvalue weighted by Crippen LogP contribution is -2.14. The fourth-order valence-corrected chi connectivity index (χ4v) is 2.01. The molecule has 1 atom stereocenters. The molecule has 0 saturated heterocycles. The molecule has 0 radical (unpaired) electrons. The first-order valence-electron chi connectivity index (χ1n) is 6.46. The van der Waals surface area contributed by atoms with Crippen molar-refractivity contribution in [2.75, 3.05) is 0 Å². The third-order valence-corrected chi connectivity index (χ3v) is 3.17. The van der Waals surface area contributed by atoms with Crippen molar-refractivity contribution in [1.82, 2.24) is 20.1 Å². The Morgan fingerprint density at radius 1 is 1.43 bits per heavy atom. The number of hydrogen-bond acceptors (Lipinski definition) is 5. The molecule has 3 rings (SSSR count). The highest BCUT2D eigenvalue weighted by molar-refractivity contribution is 5.55. The number of imidazole rings is 1. The number of aromatic amines is 1. The largest absolute Gasteiger partial charge is 0.348 e. The van der Waals surface area contributed by atoms with Gasteiger partial charge in [0.05, 0.1) is 12.4 Å². The van der Waals surface area contributed by atoms with Crippen molar-refractivity contribution in [3.63, 3.8) is 0 Å². The molecule has 0 aliphatic rings. The number of nitrogens with one attached hydrogen (secondary N) is 1. The molecule has 0 fully saturated rings. The maximum Gasteiger partial charge on any atom is 0.244 e. The number of benzene rings is 1. The maximum atomic E-state index is 13.3. The number of H-pyrrole nitrogens is 1. The van der Waals surface area contributed by atoms with Crippen LogP contribution < -0.4 is 5.73 Å². The summed E-state index contributed by atoms with van der Waals surface area (Å²) in [5.74, 6) is 0.466. The number of nitrogens with zero attached hydrogens (tertiary/aromatic N) is 3. The van der Waals surface area contributed by atoms with Crippen LogP contribution in [0.4, 0.5) is 4.39 Å². The zero-order chi connectivity index (χ0) is 14.8. The van der Waals surface area contributed by atoms with E-state index in [1.807, 2.05) is 0 Å². The van der Waals surface area contributed by atoms with Gasteiger partial charge in [0.15, 0.2) is 0 Å². The molecule has 7 heteroatoms. The molecule has 3 aromatic rings. The molecule has 2 heterocycles. The molecular formula is C14H14FN5O. The van der Waals surface area contributed by atoms with Crippen molar-refractivity contribution in [1.29, 1.82) is 0 Å². The fourth-order valence-electron chi connectivity index (χ4n) is 2.01. The summed E-state index contributed by atoms with van der Waals surface area (Å²) >= 11 is 0. The minimum Gasteiger partial charge on any atom is -0.348 e. The Bertz CT molecular complexity index is 738. The summed E-state index contributed by atoms with van der Waals surface area (Å²) in [6.45, 7) is 1.68. The van der Waals surface area contributed by atoms with Gasteiger partial charge in [-0.15, -0.1) is 0 Å². The zero-order valence-electron chi connectivity index (χ0n) is 11.4. The third-order valence-electron chi connectivity index (χ3n) is 3.17. The van der Waals surface area contributed by atoms with E-state index in [4.69, 9.17) is 10.3 Å². The highest BCUT2D eigenvalue weighted by Crippen LogP contribution is 2.21. The van der Waals surface area contributed by atoms with Crippen LogP contribution in [0.1, 0.15) is 23.2 Å². The van der Waals surface area contributed by atoms with Crippen molar-refractivity contribution in [3.05, 3.63) is 53.7 Å². The van der Waals surface area contributed by atoms with Crippen molar-refractivity contribution in [2.24, 2.45) is 5.73 Å². The van der Waals surface area contributed by atoms with E-state index in [1.165, 1.54) is 6.07 Å². The summed E-state index contributed by atoms with van der Waals surface area (Å²) in [5.41, 5.74) is 8.14. The second-order valence-corrected chi connectivity index (χ2v) is 4.81. The Hall–Kier alpha value is -2.54. The lowest BCUT2D eigenvalue weighted by atomic mass is 10.1. The highest BCUT2D eigenvalue weighted by Gasteiger charge is 2.17. The van der Waals surface area contributed by atoms with Crippen molar-refractivity contribution < 1.29 is 8.91 Å². The minimum absolute atomic E-state index is 0.265. The van der Waals surface area contributed by atoms with Crippen LogP contribution in [0.25, 0.3) is 11.4 Å². The number of aryl methyl sites for hydroxylation is 1. The minimum atomic E-state index is -0.423. The predicted octanol–water partition coefficient (Wildman–Crippen LogP) is 2.15. The summed E-state index contributed by atoms with van der Waals surface area (Å²) in [6.07, 6.45) is 3.80. The fraction of sp³-hybridized carbons (Fsp3) is 0.214. The van der Waals surface area contributed by atoms with Gasteiger partial charge in [-0.1, -0.05) is 5.16 Å². The molecule has 3 N–H and O–H groups in total. The van der Waals surface area contributed by atoms with Gasteiger partial charge in [-0.05, 0) is 30.7 Å². The SMILES string of the molecule is Cc1cc(-c2noc([C@H](N)Cc3cnc[nH]3)n2)ccc1F. The zero-order valence-corrected chi connectivity index (χ0v) is 11.4. The first kappa shape index (κ1) is 13.4. The van der Waals surface area contributed by atoms with E-state index in [0.29, 0.717) is 29.3 Å². The molecule has 0 aliphatic heterocycles. The van der Waals surface area contributed by atoms with E-state index in [1.54, 1.807) is 31.6 Å². The quantitative estimate of drug-likeness (QED) is 0.766. The van der Waals surface area contributed by atoms with Crippen molar-refractivity contribution >= 4 is 0 Å². The molecule has 0 spiro atoms. The molecule has 2 aromatic heterocycles. The van der Waals surface area contributed by atoms with E-state index in [-0.39, 0.29) is 5.82 Å². The molecule has 0 amide bonds. The first-order valence-corrected chi connectivity index (χ1v) is 6.46. The van der Waals surface area contributed by atoms with Gasteiger partial charge in [-0.2, -0.15) is 4.98 Å². The Labute approximate surface area is 120 Å². The van der Waals surface area contributed by atoms with Crippen LogP contribution in [0, 0.1) is 12.7 Å². The standard InChI is InChI=1S/C14H14FN5O/c1-8-4-9(2-3-11(8)15)13-19-14(21-20-13)12(16)5-10-6-17-7-18-10/h2-4,6-7,12H,5,16H2,1H3,(H,17,18)/t12-/m1/s1. The molecule has 21 heavy (non-hydrogen) atoms. The van der Waals surface area contributed by atoms with Crippen LogP contribution in [0.2, 0.25) is 0 Å². The topological polar surface area (TPSA) is 93.6 Å². The van der Waals surface area contributed by atoms with E-state index in [0.717, 1.165) is 5.69 Å². The van der Waals surface area contributed by atoms with Crippen LogP contribution >= 0.6 is 0 Å². The van der Waals surface area contributed by atoms with Crippen LogP contribution in [-0.2, 0) is 6.42 Å². The van der Waals surface area contributed by atoms with Crippen molar-refractivity contribution in [3.8, 4) is 11.4 Å². The Kier molecular flexibility index (Phi) is 3.49. The van der Waals surface area contributed by atoms with Crippen LogP contribution in [0.5, 0.6) is 0 Å². The molecule has 1 aromatic carbocycles. The highest BCUT2D eigenvalue weighted by atomic mass is 19.1. The first-order chi connectivity index (χ1) is 10.1. The second kappa shape index (κ2) is 5.45. The van der Waals surface area contributed by atoms with Crippen molar-refractivity contribution in [2.45, 2.75) is 19.4 Å². The smallest absolute Gasteiger partial charge is 0.244 e. The van der Waals surface area contributed by atoms with E-state index >= 15 is 0 Å². The monoisotopic (exact) mass is 287 g/mol. The maximum absolute atomic E-state index is 13.3. The Morgan fingerprint density at radius 2 is 2.29 bits per heavy atom. The van der Waals surface area contributed by atoms with E-state index in [2.05, 4.69) is 20.1 Å². The van der Waals surface area contributed by atoms with Gasteiger partial charge in [0, 0.05) is 23.9 Å². The van der Waals surface area contributed by atoms with Crippen LogP contribution in [0.3, 0.4) is 0 Å². The van der Waals surface area contributed by atoms with Crippen LogP contribution in [0.15, 0.2) is 35.2 Å². The number of hydrogen-bond donors (Lipinski definition) is 2. The van der Waals surface area contributed by atoms with Gasteiger partial charge in [0.25, 0.3) is 0 Å². The number of nitrogens with two attached hydrogens (primary N) is 1. The molecular weight excluding hydrogens is 273 g/mol. The molecule has 108 valence electrons. The van der Waals surface area contributed by atoms with Gasteiger partial charge >= 0.3 is 0 Å². The Morgan fingerprint density at radius 3 is 3.00 bits per heavy atom. The molecule has 0 aliphatic carbocycles. The molecule has 0 unspecified atom stereocenters. The summed E-state index contributed by atoms with van der Waals surface area (Å²) in [4.78, 5) is 11.2. The van der Waals surface area contributed by atoms with Gasteiger partial charge in [-0.25, -0.2) is 9.37 Å². The number of rotatable bonds is 4. The third kappa shape index (κ3) is 2.82. The summed E-state index contributed by atoms with van der Waals surface area (Å²) in [6, 6.07) is 4.24. The number of aromatic nitrogens is 4. The lowest BCUT2D eigenvalue weighted by Gasteiger charge is -2.03. The lowest BCUT2D eigenvalue weighted by molar-refractivity contribution is 0.354. The van der Waals surface area contributed by atoms with Gasteiger partial charge in [0.1, 0.15) is 5.82 Å². The number of halogens is 1. The summed E-state index contributed by atoms with van der Waals surface area (Å²) in [5, 5.41) is 3.89. The Balaban J connectivity index is 1.80. The summed E-state index contributed by atoms with van der Waals surface area (Å²) in [7, 11) is 0. The summed E-state index contributed by atoms with van der Waals surface area (Å²) < 4.78 is 18.5. The molecule has 0 saturated carbocycles. The average molecular weight is 287 g/mol. The molecule has 0 bridgehead atoms. The van der Waals surface area contributed by atoms with Gasteiger partial charge < -0.3 is 15.2 Å². The van der Waals surface area contributed by atoms with Gasteiger partial charge in [-0.3, -0.25) is 0 Å². The van der Waals surface area contributed by atoms with Crippen LogP contribution in [-0.4, -0.2) is 20.1 Å². The predicted molar refractivity (Wildman–Crippen MR) is 73.6 cm³/mol. The van der Waals surface area contributed by atoms with E-state index in [9.17, 15) is 4.39 Å². The molecule has 6 nitrogen and oxygen atoms in total. The van der Waals surface area contributed by atoms with E-state index < -0.39 is 6.04 Å².